The maximum absolute atomic E-state index is 10.4. The molecule has 0 aliphatic heterocycles. The highest BCUT2D eigenvalue weighted by molar-refractivity contribution is 6.11. The van der Waals surface area contributed by atoms with E-state index in [9.17, 15) is 5.11 Å². The molecule has 1 aliphatic rings. The van der Waals surface area contributed by atoms with Gasteiger partial charge in [-0.25, -0.2) is 0 Å². The number of hydrogen-bond acceptors (Lipinski definition) is 2. The van der Waals surface area contributed by atoms with E-state index in [2.05, 4.69) is 25.1 Å². The summed E-state index contributed by atoms with van der Waals surface area (Å²) in [6.07, 6.45) is 3.28. The highest BCUT2D eigenvalue weighted by atomic mass is 16.3. The van der Waals surface area contributed by atoms with Crippen molar-refractivity contribution in [3.63, 3.8) is 0 Å². The summed E-state index contributed by atoms with van der Waals surface area (Å²) in [4.78, 5) is 0. The fraction of sp³-hybridized carbons (Fsp3) is 0.300. The Hall–Kier alpha value is -2.06. The van der Waals surface area contributed by atoms with Crippen LogP contribution in [0, 0.1) is 5.92 Å². The SMILES string of the molecule is CCC1Cc2c(ccc3c2cc(O)c2ccccc23)C(N)C1. The summed E-state index contributed by atoms with van der Waals surface area (Å²) in [7, 11) is 0. The lowest BCUT2D eigenvalue weighted by Crippen LogP contribution is -2.24. The second-order valence-corrected chi connectivity index (χ2v) is 6.49. The van der Waals surface area contributed by atoms with E-state index in [1.165, 1.54) is 21.9 Å². The number of nitrogens with two attached hydrogens (primary N) is 1. The quantitative estimate of drug-likeness (QED) is 0.640. The van der Waals surface area contributed by atoms with Crippen LogP contribution in [-0.2, 0) is 6.42 Å². The van der Waals surface area contributed by atoms with Gasteiger partial charge in [-0.2, -0.15) is 0 Å². The first-order valence-electron chi connectivity index (χ1n) is 8.10. The van der Waals surface area contributed by atoms with Gasteiger partial charge < -0.3 is 10.8 Å². The summed E-state index contributed by atoms with van der Waals surface area (Å²) >= 11 is 0. The second kappa shape index (κ2) is 4.99. The molecular formula is C20H21NO. The Kier molecular flexibility index (Phi) is 3.08. The molecule has 3 N–H and O–H groups in total. The Morgan fingerprint density at radius 2 is 1.77 bits per heavy atom. The van der Waals surface area contributed by atoms with E-state index >= 15 is 0 Å². The summed E-state index contributed by atoms with van der Waals surface area (Å²) in [5.41, 5.74) is 8.99. The lowest BCUT2D eigenvalue weighted by Gasteiger charge is -2.30. The Morgan fingerprint density at radius 1 is 1.05 bits per heavy atom. The van der Waals surface area contributed by atoms with Crippen LogP contribution in [0.5, 0.6) is 5.75 Å². The number of phenolic OH excluding ortho intramolecular Hbond substituents is 1. The number of phenols is 1. The van der Waals surface area contributed by atoms with E-state index in [-0.39, 0.29) is 6.04 Å². The van der Waals surface area contributed by atoms with Crippen molar-refractivity contribution in [2.24, 2.45) is 11.7 Å². The standard InChI is InChI=1S/C20H21NO/c1-2-12-9-17-15(19(21)10-12)8-7-14-13-5-3-4-6-16(13)20(22)11-18(14)17/h3-8,11-12,19,22H,2,9-10,21H2,1H3. The smallest absolute Gasteiger partial charge is 0.124 e. The number of benzene rings is 3. The second-order valence-electron chi connectivity index (χ2n) is 6.49. The van der Waals surface area contributed by atoms with Crippen LogP contribution in [0.2, 0.25) is 0 Å². The zero-order chi connectivity index (χ0) is 15.3. The topological polar surface area (TPSA) is 46.2 Å². The molecule has 0 fully saturated rings. The monoisotopic (exact) mass is 291 g/mol. The average molecular weight is 291 g/mol. The van der Waals surface area contributed by atoms with E-state index < -0.39 is 0 Å². The van der Waals surface area contributed by atoms with Crippen LogP contribution in [0.4, 0.5) is 0 Å². The van der Waals surface area contributed by atoms with Crippen LogP contribution < -0.4 is 5.73 Å². The summed E-state index contributed by atoms with van der Waals surface area (Å²) in [5, 5.41) is 14.9. The molecule has 2 heteroatoms. The van der Waals surface area contributed by atoms with Crippen molar-refractivity contribution in [1.29, 1.82) is 0 Å². The molecule has 3 aromatic carbocycles. The molecule has 0 heterocycles. The molecule has 2 atom stereocenters. The lowest BCUT2D eigenvalue weighted by molar-refractivity contribution is 0.398. The number of fused-ring (bicyclic) bond motifs is 5. The average Bonchev–Trinajstić information content (AvgIpc) is 2.55. The molecule has 1 aliphatic carbocycles. The van der Waals surface area contributed by atoms with Crippen molar-refractivity contribution in [1.82, 2.24) is 0 Å². The van der Waals surface area contributed by atoms with Crippen LogP contribution in [0.3, 0.4) is 0 Å². The van der Waals surface area contributed by atoms with Gasteiger partial charge in [0.1, 0.15) is 5.75 Å². The fourth-order valence-corrected chi connectivity index (χ4v) is 3.98. The van der Waals surface area contributed by atoms with E-state index in [0.29, 0.717) is 11.7 Å². The van der Waals surface area contributed by atoms with Crippen molar-refractivity contribution in [2.75, 3.05) is 0 Å². The number of aromatic hydroxyl groups is 1. The van der Waals surface area contributed by atoms with Crippen LogP contribution in [-0.4, -0.2) is 5.11 Å². The predicted octanol–water partition coefficient (Wildman–Crippen LogP) is 4.67. The van der Waals surface area contributed by atoms with Crippen molar-refractivity contribution >= 4 is 21.5 Å². The first kappa shape index (κ1) is 13.6. The van der Waals surface area contributed by atoms with Crippen LogP contribution in [0.25, 0.3) is 21.5 Å². The normalized spacial score (nSPS) is 21.2. The number of rotatable bonds is 1. The molecule has 112 valence electrons. The van der Waals surface area contributed by atoms with Gasteiger partial charge in [0.15, 0.2) is 0 Å². The molecule has 0 aromatic heterocycles. The molecule has 0 spiro atoms. The Balaban J connectivity index is 2.08. The van der Waals surface area contributed by atoms with Crippen molar-refractivity contribution in [3.8, 4) is 5.75 Å². The van der Waals surface area contributed by atoms with Gasteiger partial charge in [-0.3, -0.25) is 0 Å². The van der Waals surface area contributed by atoms with E-state index in [4.69, 9.17) is 5.73 Å². The van der Waals surface area contributed by atoms with Gasteiger partial charge in [-0.1, -0.05) is 49.7 Å². The predicted molar refractivity (Wildman–Crippen MR) is 92.1 cm³/mol. The first-order chi connectivity index (χ1) is 10.7. The Morgan fingerprint density at radius 3 is 2.55 bits per heavy atom. The van der Waals surface area contributed by atoms with Gasteiger partial charge >= 0.3 is 0 Å². The maximum atomic E-state index is 10.4. The van der Waals surface area contributed by atoms with Crippen LogP contribution >= 0.6 is 0 Å². The van der Waals surface area contributed by atoms with Crippen LogP contribution in [0.15, 0.2) is 42.5 Å². The van der Waals surface area contributed by atoms with E-state index in [1.54, 1.807) is 0 Å². The minimum atomic E-state index is 0.117. The van der Waals surface area contributed by atoms with Gasteiger partial charge in [-0.05, 0) is 52.1 Å². The van der Waals surface area contributed by atoms with Gasteiger partial charge in [0.2, 0.25) is 0 Å². The lowest BCUT2D eigenvalue weighted by atomic mass is 9.77. The summed E-state index contributed by atoms with van der Waals surface area (Å²) in [5.74, 6) is 1.01. The number of hydrogen-bond donors (Lipinski definition) is 2. The minimum Gasteiger partial charge on any atom is -0.507 e. The molecule has 0 bridgehead atoms. The van der Waals surface area contributed by atoms with Crippen LogP contribution in [0.1, 0.15) is 36.9 Å². The van der Waals surface area contributed by atoms with E-state index in [0.717, 1.165) is 30.0 Å². The maximum Gasteiger partial charge on any atom is 0.124 e. The van der Waals surface area contributed by atoms with Crippen molar-refractivity contribution in [2.45, 2.75) is 32.2 Å². The third-order valence-corrected chi connectivity index (χ3v) is 5.22. The molecular weight excluding hydrogens is 270 g/mol. The molecule has 0 saturated heterocycles. The highest BCUT2D eigenvalue weighted by Gasteiger charge is 2.25. The minimum absolute atomic E-state index is 0.117. The van der Waals surface area contributed by atoms with Crippen molar-refractivity contribution < 1.29 is 5.11 Å². The molecule has 0 radical (unpaired) electrons. The summed E-state index contributed by atoms with van der Waals surface area (Å²) in [6.45, 7) is 2.24. The molecule has 2 unspecified atom stereocenters. The molecule has 22 heavy (non-hydrogen) atoms. The molecule has 4 rings (SSSR count). The third-order valence-electron chi connectivity index (χ3n) is 5.22. The highest BCUT2D eigenvalue weighted by Crippen LogP contribution is 2.41. The fourth-order valence-electron chi connectivity index (χ4n) is 3.98. The van der Waals surface area contributed by atoms with Gasteiger partial charge in [0, 0.05) is 11.4 Å². The Labute approximate surface area is 130 Å². The third kappa shape index (κ3) is 1.91. The zero-order valence-corrected chi connectivity index (χ0v) is 12.8. The summed E-state index contributed by atoms with van der Waals surface area (Å²) in [6, 6.07) is 14.5. The molecule has 0 amide bonds. The molecule has 0 saturated carbocycles. The largest absolute Gasteiger partial charge is 0.507 e. The summed E-state index contributed by atoms with van der Waals surface area (Å²) < 4.78 is 0. The van der Waals surface area contributed by atoms with Gasteiger partial charge in [0.05, 0.1) is 0 Å². The molecule has 2 nitrogen and oxygen atoms in total. The van der Waals surface area contributed by atoms with Gasteiger partial charge in [0.25, 0.3) is 0 Å². The zero-order valence-electron chi connectivity index (χ0n) is 12.8. The first-order valence-corrected chi connectivity index (χ1v) is 8.10. The van der Waals surface area contributed by atoms with E-state index in [1.807, 2.05) is 24.3 Å². The Bertz CT molecular complexity index is 868. The molecule has 3 aromatic rings. The van der Waals surface area contributed by atoms with Gasteiger partial charge in [-0.15, -0.1) is 0 Å². The van der Waals surface area contributed by atoms with Crippen molar-refractivity contribution in [3.05, 3.63) is 53.6 Å².